The first kappa shape index (κ1) is 16.5. The molecular weight excluding hydrogens is 344 g/mol. The van der Waals surface area contributed by atoms with Crippen LogP contribution >= 0.6 is 23.2 Å². The van der Waals surface area contributed by atoms with E-state index in [0.717, 1.165) is 7.05 Å². The number of carbonyl (C=O) groups is 1. The van der Waals surface area contributed by atoms with E-state index in [9.17, 15) is 22.8 Å². The fourth-order valence-electron chi connectivity index (χ4n) is 1.83. The SMILES string of the molecule is Cn1nc(-c2cc(C=O)c(Cl)cc2Cl)c(=O)cc1C(F)(F)F. The smallest absolute Gasteiger partial charge is 0.298 e. The molecule has 9 heteroatoms. The number of alkyl halides is 3. The van der Waals surface area contributed by atoms with Crippen LogP contribution in [0.3, 0.4) is 0 Å². The standard InChI is InChI=1S/C13H7Cl2F3N2O2/c1-20-11(13(16,17)18)4-10(22)12(19-20)7-2-6(5-21)8(14)3-9(7)15/h2-5H,1H3. The Morgan fingerprint density at radius 2 is 1.82 bits per heavy atom. The summed E-state index contributed by atoms with van der Waals surface area (Å²) in [5, 5.41) is 3.68. The molecular formula is C13H7Cl2F3N2O2. The number of rotatable bonds is 2. The summed E-state index contributed by atoms with van der Waals surface area (Å²) in [6.45, 7) is 0. The van der Waals surface area contributed by atoms with Crippen LogP contribution in [0, 0.1) is 0 Å². The third kappa shape index (κ3) is 3.00. The molecule has 0 unspecified atom stereocenters. The fourth-order valence-corrected chi connectivity index (χ4v) is 2.35. The largest absolute Gasteiger partial charge is 0.433 e. The number of hydrogen-bond donors (Lipinski definition) is 0. The number of carbonyl (C=O) groups excluding carboxylic acids is 1. The van der Waals surface area contributed by atoms with E-state index in [-0.39, 0.29) is 26.9 Å². The van der Waals surface area contributed by atoms with Crippen LogP contribution in [0.25, 0.3) is 11.3 Å². The molecule has 0 amide bonds. The van der Waals surface area contributed by atoms with Crippen molar-refractivity contribution < 1.29 is 18.0 Å². The predicted molar refractivity (Wildman–Crippen MR) is 75.3 cm³/mol. The van der Waals surface area contributed by atoms with Crippen molar-refractivity contribution in [1.29, 1.82) is 0 Å². The molecule has 0 saturated carbocycles. The average molecular weight is 351 g/mol. The summed E-state index contributed by atoms with van der Waals surface area (Å²) in [5.41, 5.74) is -2.39. The zero-order valence-corrected chi connectivity index (χ0v) is 12.4. The Bertz CT molecular complexity index is 816. The molecule has 0 radical (unpaired) electrons. The molecule has 0 atom stereocenters. The molecule has 116 valence electrons. The van der Waals surface area contributed by atoms with Gasteiger partial charge in [-0.05, 0) is 12.1 Å². The fraction of sp³-hybridized carbons (Fsp3) is 0.154. The van der Waals surface area contributed by atoms with Crippen LogP contribution in [0.5, 0.6) is 0 Å². The van der Waals surface area contributed by atoms with E-state index in [1.54, 1.807) is 0 Å². The Balaban J connectivity index is 2.72. The molecule has 0 aliphatic heterocycles. The molecule has 2 rings (SSSR count). The number of aryl methyl sites for hydroxylation is 1. The predicted octanol–water partition coefficient (Wildman–Crippen LogP) is 3.59. The second-order valence-corrected chi connectivity index (χ2v) is 5.15. The average Bonchev–Trinajstić information content (AvgIpc) is 2.40. The van der Waals surface area contributed by atoms with Gasteiger partial charge in [0, 0.05) is 24.2 Å². The van der Waals surface area contributed by atoms with Gasteiger partial charge in [0.25, 0.3) is 0 Å². The number of hydrogen-bond acceptors (Lipinski definition) is 3. The van der Waals surface area contributed by atoms with E-state index in [1.807, 2.05) is 0 Å². The van der Waals surface area contributed by atoms with Crippen molar-refractivity contribution in [3.8, 4) is 11.3 Å². The van der Waals surface area contributed by atoms with Gasteiger partial charge in [0.05, 0.1) is 10.0 Å². The first-order valence-electron chi connectivity index (χ1n) is 5.75. The highest BCUT2D eigenvalue weighted by molar-refractivity contribution is 6.37. The van der Waals surface area contributed by atoms with E-state index in [1.165, 1.54) is 12.1 Å². The molecule has 0 aliphatic carbocycles. The lowest BCUT2D eigenvalue weighted by Crippen LogP contribution is -2.22. The van der Waals surface area contributed by atoms with Crippen LogP contribution in [0.4, 0.5) is 13.2 Å². The summed E-state index contributed by atoms with van der Waals surface area (Å²) >= 11 is 11.7. The van der Waals surface area contributed by atoms with E-state index < -0.39 is 17.3 Å². The van der Waals surface area contributed by atoms with Crippen molar-refractivity contribution in [3.63, 3.8) is 0 Å². The Morgan fingerprint density at radius 1 is 1.18 bits per heavy atom. The minimum absolute atomic E-state index is 0.0000383. The van der Waals surface area contributed by atoms with Crippen LogP contribution in [-0.2, 0) is 13.2 Å². The first-order valence-corrected chi connectivity index (χ1v) is 6.51. The van der Waals surface area contributed by atoms with Gasteiger partial charge in [-0.1, -0.05) is 23.2 Å². The van der Waals surface area contributed by atoms with Crippen molar-refractivity contribution in [1.82, 2.24) is 9.78 Å². The van der Waals surface area contributed by atoms with Crippen molar-refractivity contribution in [2.45, 2.75) is 6.18 Å². The Morgan fingerprint density at radius 3 is 2.36 bits per heavy atom. The summed E-state index contributed by atoms with van der Waals surface area (Å²) in [4.78, 5) is 22.8. The zero-order chi connectivity index (χ0) is 16.7. The van der Waals surface area contributed by atoms with Gasteiger partial charge in [0.1, 0.15) is 11.4 Å². The molecule has 0 bridgehead atoms. The molecule has 2 aromatic rings. The summed E-state index contributed by atoms with van der Waals surface area (Å²) in [7, 11) is 1.05. The Kier molecular flexibility index (Phi) is 4.30. The summed E-state index contributed by atoms with van der Waals surface area (Å²) in [6.07, 6.45) is -4.27. The maximum Gasteiger partial charge on any atom is 0.433 e. The third-order valence-corrected chi connectivity index (χ3v) is 3.50. The van der Waals surface area contributed by atoms with Gasteiger partial charge >= 0.3 is 6.18 Å². The molecule has 1 heterocycles. The van der Waals surface area contributed by atoms with Crippen LogP contribution in [0.1, 0.15) is 16.1 Å². The van der Waals surface area contributed by atoms with Gasteiger partial charge < -0.3 is 0 Å². The maximum absolute atomic E-state index is 12.7. The number of benzene rings is 1. The number of aromatic nitrogens is 2. The van der Waals surface area contributed by atoms with Crippen molar-refractivity contribution >= 4 is 29.5 Å². The maximum atomic E-state index is 12.7. The summed E-state index contributed by atoms with van der Waals surface area (Å²) in [6, 6.07) is 2.85. The highest BCUT2D eigenvalue weighted by Gasteiger charge is 2.34. The van der Waals surface area contributed by atoms with Gasteiger partial charge in [-0.3, -0.25) is 14.3 Å². The number of halogens is 5. The topological polar surface area (TPSA) is 52.0 Å². The molecule has 0 fully saturated rings. The highest BCUT2D eigenvalue weighted by Crippen LogP contribution is 2.31. The van der Waals surface area contributed by atoms with Crippen LogP contribution in [0.2, 0.25) is 10.0 Å². The quantitative estimate of drug-likeness (QED) is 0.777. The molecule has 0 saturated heterocycles. The van der Waals surface area contributed by atoms with Crippen molar-refractivity contribution in [3.05, 3.63) is 49.7 Å². The second kappa shape index (κ2) is 5.73. The lowest BCUT2D eigenvalue weighted by Gasteiger charge is -2.13. The van der Waals surface area contributed by atoms with Gasteiger partial charge in [0.2, 0.25) is 5.43 Å². The van der Waals surface area contributed by atoms with E-state index >= 15 is 0 Å². The highest BCUT2D eigenvalue weighted by atomic mass is 35.5. The van der Waals surface area contributed by atoms with Crippen LogP contribution in [-0.4, -0.2) is 16.1 Å². The van der Waals surface area contributed by atoms with Gasteiger partial charge in [-0.2, -0.15) is 18.3 Å². The zero-order valence-electron chi connectivity index (χ0n) is 10.9. The molecule has 1 aromatic carbocycles. The molecule has 22 heavy (non-hydrogen) atoms. The van der Waals surface area contributed by atoms with Gasteiger partial charge in [0.15, 0.2) is 6.29 Å². The number of nitrogens with zero attached hydrogens (tertiary/aromatic N) is 2. The van der Waals surface area contributed by atoms with Gasteiger partial charge in [-0.25, -0.2) is 0 Å². The molecule has 0 spiro atoms. The molecule has 1 aromatic heterocycles. The minimum atomic E-state index is -4.71. The normalized spacial score (nSPS) is 11.5. The Labute approximate surface area is 132 Å². The molecule has 0 aliphatic rings. The lowest BCUT2D eigenvalue weighted by atomic mass is 10.1. The van der Waals surface area contributed by atoms with Crippen LogP contribution < -0.4 is 5.43 Å². The monoisotopic (exact) mass is 350 g/mol. The summed E-state index contributed by atoms with van der Waals surface area (Å²) in [5.74, 6) is 0. The Hall–Kier alpha value is -1.86. The van der Waals surface area contributed by atoms with E-state index in [4.69, 9.17) is 23.2 Å². The summed E-state index contributed by atoms with van der Waals surface area (Å²) < 4.78 is 38.7. The van der Waals surface area contributed by atoms with Crippen molar-refractivity contribution in [2.24, 2.45) is 7.05 Å². The molecule has 4 nitrogen and oxygen atoms in total. The van der Waals surface area contributed by atoms with E-state index in [2.05, 4.69) is 5.10 Å². The van der Waals surface area contributed by atoms with E-state index in [0.29, 0.717) is 17.0 Å². The van der Waals surface area contributed by atoms with Gasteiger partial charge in [-0.15, -0.1) is 0 Å². The second-order valence-electron chi connectivity index (χ2n) is 4.34. The lowest BCUT2D eigenvalue weighted by molar-refractivity contribution is -0.144. The number of aldehydes is 1. The molecule has 0 N–H and O–H groups in total. The first-order chi connectivity index (χ1) is 10.1. The van der Waals surface area contributed by atoms with Crippen molar-refractivity contribution in [2.75, 3.05) is 0 Å². The third-order valence-electron chi connectivity index (χ3n) is 2.86. The van der Waals surface area contributed by atoms with Crippen LogP contribution in [0.15, 0.2) is 23.0 Å². The minimum Gasteiger partial charge on any atom is -0.298 e.